The number of anilines is 1. The Morgan fingerprint density at radius 2 is 2.19 bits per heavy atom. The van der Waals surface area contributed by atoms with E-state index in [9.17, 15) is 5.11 Å². The average Bonchev–Trinajstić information content (AvgIpc) is 3.21. The van der Waals surface area contributed by atoms with Crippen LogP contribution in [0.25, 0.3) is 10.6 Å². The molecular weight excluding hydrogens is 286 g/mol. The molecule has 2 atom stereocenters. The lowest BCUT2D eigenvalue weighted by atomic mass is 9.82. The Labute approximate surface area is 127 Å². The van der Waals surface area contributed by atoms with Crippen LogP contribution in [0.15, 0.2) is 30.3 Å². The van der Waals surface area contributed by atoms with Crippen LogP contribution in [0.3, 0.4) is 0 Å². The topological polar surface area (TPSA) is 58.5 Å². The van der Waals surface area contributed by atoms with Gasteiger partial charge in [-0.05, 0) is 0 Å². The molecule has 3 heterocycles. The summed E-state index contributed by atoms with van der Waals surface area (Å²) in [5.41, 5.74) is 0.985. The fourth-order valence-electron chi connectivity index (χ4n) is 3.24. The third-order valence-corrected chi connectivity index (χ3v) is 5.57. The van der Waals surface area contributed by atoms with Gasteiger partial charge in [-0.2, -0.15) is 0 Å². The minimum absolute atomic E-state index is 0.113. The van der Waals surface area contributed by atoms with Gasteiger partial charge < -0.3 is 14.7 Å². The first-order chi connectivity index (χ1) is 10.3. The van der Waals surface area contributed by atoms with Gasteiger partial charge >= 0.3 is 0 Å². The molecule has 0 unspecified atom stereocenters. The monoisotopic (exact) mass is 303 g/mol. The molecule has 6 heteroatoms. The van der Waals surface area contributed by atoms with Gasteiger partial charge in [-0.15, -0.1) is 10.2 Å². The highest BCUT2D eigenvalue weighted by Gasteiger charge is 2.51. The molecular formula is C15H17N3O2S. The molecule has 2 aromatic rings. The normalized spacial score (nSPS) is 28.0. The maximum absolute atomic E-state index is 9.74. The maximum atomic E-state index is 9.74. The van der Waals surface area contributed by atoms with Crippen LogP contribution in [0.5, 0.6) is 0 Å². The maximum Gasteiger partial charge on any atom is 0.208 e. The lowest BCUT2D eigenvalue weighted by molar-refractivity contribution is 0.0989. The van der Waals surface area contributed by atoms with Gasteiger partial charge in [0.05, 0.1) is 19.8 Å². The highest BCUT2D eigenvalue weighted by molar-refractivity contribution is 7.18. The van der Waals surface area contributed by atoms with E-state index < -0.39 is 0 Å². The van der Waals surface area contributed by atoms with Gasteiger partial charge in [-0.25, -0.2) is 0 Å². The zero-order chi connectivity index (χ0) is 14.3. The molecule has 0 radical (unpaired) electrons. The van der Waals surface area contributed by atoms with Crippen LogP contribution in [0.1, 0.15) is 0 Å². The zero-order valence-electron chi connectivity index (χ0n) is 11.6. The van der Waals surface area contributed by atoms with E-state index in [1.807, 2.05) is 30.3 Å². The Bertz CT molecular complexity index is 633. The molecule has 2 aliphatic heterocycles. The van der Waals surface area contributed by atoms with E-state index in [0.29, 0.717) is 12.5 Å². The molecule has 4 rings (SSSR count). The van der Waals surface area contributed by atoms with Gasteiger partial charge in [-0.3, -0.25) is 0 Å². The molecule has 0 amide bonds. The van der Waals surface area contributed by atoms with E-state index >= 15 is 0 Å². The number of benzene rings is 1. The summed E-state index contributed by atoms with van der Waals surface area (Å²) in [5.74, 6) is 0.395. The van der Waals surface area contributed by atoms with Crippen molar-refractivity contribution in [2.24, 2.45) is 11.3 Å². The number of hydrogen-bond donors (Lipinski definition) is 1. The molecule has 21 heavy (non-hydrogen) atoms. The van der Waals surface area contributed by atoms with Gasteiger partial charge in [0.15, 0.2) is 0 Å². The van der Waals surface area contributed by atoms with E-state index in [1.54, 1.807) is 11.3 Å². The molecule has 0 bridgehead atoms. The minimum Gasteiger partial charge on any atom is -0.396 e. The first-order valence-electron chi connectivity index (χ1n) is 7.13. The van der Waals surface area contributed by atoms with Crippen molar-refractivity contribution in [1.82, 2.24) is 10.2 Å². The van der Waals surface area contributed by atoms with Crippen LogP contribution in [0, 0.1) is 11.3 Å². The molecule has 1 N–H and O–H groups in total. The van der Waals surface area contributed by atoms with E-state index in [-0.39, 0.29) is 12.0 Å². The Morgan fingerprint density at radius 3 is 2.95 bits per heavy atom. The molecule has 1 aromatic heterocycles. The number of nitrogens with zero attached hydrogens (tertiary/aromatic N) is 3. The van der Waals surface area contributed by atoms with Crippen LogP contribution in [0.4, 0.5) is 5.13 Å². The van der Waals surface area contributed by atoms with Crippen molar-refractivity contribution >= 4 is 16.5 Å². The number of rotatable bonds is 3. The van der Waals surface area contributed by atoms with Crippen LogP contribution in [-0.2, 0) is 4.74 Å². The molecule has 0 saturated carbocycles. The van der Waals surface area contributed by atoms with Crippen molar-refractivity contribution in [3.05, 3.63) is 30.3 Å². The average molecular weight is 303 g/mol. The minimum atomic E-state index is -0.113. The highest BCUT2D eigenvalue weighted by atomic mass is 32.1. The standard InChI is InChI=1S/C15H17N3O2S/c19-9-15-8-18(6-12(15)7-20-10-15)14-17-16-13(21-14)11-4-2-1-3-5-11/h1-5,12,19H,6-10H2/t12-,15-/m0/s1. The van der Waals surface area contributed by atoms with E-state index in [2.05, 4.69) is 15.1 Å². The second kappa shape index (κ2) is 5.05. The summed E-state index contributed by atoms with van der Waals surface area (Å²) >= 11 is 1.61. The predicted molar refractivity (Wildman–Crippen MR) is 81.4 cm³/mol. The van der Waals surface area contributed by atoms with Crippen molar-refractivity contribution in [2.45, 2.75) is 0 Å². The third kappa shape index (κ3) is 2.14. The van der Waals surface area contributed by atoms with Gasteiger partial charge in [-0.1, -0.05) is 41.7 Å². The highest BCUT2D eigenvalue weighted by Crippen LogP contribution is 2.43. The molecule has 0 spiro atoms. The summed E-state index contributed by atoms with van der Waals surface area (Å²) in [6.07, 6.45) is 0. The largest absolute Gasteiger partial charge is 0.396 e. The predicted octanol–water partition coefficient (Wildman–Crippen LogP) is 1.65. The van der Waals surface area contributed by atoms with E-state index in [1.165, 1.54) is 0 Å². The van der Waals surface area contributed by atoms with Gasteiger partial charge in [0, 0.05) is 30.0 Å². The summed E-state index contributed by atoms with van der Waals surface area (Å²) in [5, 5.41) is 20.3. The Kier molecular flexibility index (Phi) is 3.17. The number of ether oxygens (including phenoxy) is 1. The first-order valence-corrected chi connectivity index (χ1v) is 7.95. The molecule has 2 aliphatic rings. The molecule has 1 aromatic carbocycles. The first kappa shape index (κ1) is 13.2. The number of aliphatic hydroxyl groups is 1. The molecule has 2 saturated heterocycles. The van der Waals surface area contributed by atoms with Crippen molar-refractivity contribution in [3.8, 4) is 10.6 Å². The molecule has 5 nitrogen and oxygen atoms in total. The summed E-state index contributed by atoms with van der Waals surface area (Å²) in [6.45, 7) is 3.26. The number of aromatic nitrogens is 2. The summed E-state index contributed by atoms with van der Waals surface area (Å²) in [7, 11) is 0. The van der Waals surface area contributed by atoms with Crippen molar-refractivity contribution in [1.29, 1.82) is 0 Å². The lowest BCUT2D eigenvalue weighted by Crippen LogP contribution is -2.34. The molecule has 2 fully saturated rings. The SMILES string of the molecule is OC[C@@]12COC[C@@H]1CN(c1nnc(-c3ccccc3)s1)C2. The van der Waals surface area contributed by atoms with Gasteiger partial charge in [0.1, 0.15) is 5.01 Å². The summed E-state index contributed by atoms with van der Waals surface area (Å²) in [4.78, 5) is 2.24. The molecule has 110 valence electrons. The fraction of sp³-hybridized carbons (Fsp3) is 0.467. The van der Waals surface area contributed by atoms with Crippen LogP contribution in [-0.4, -0.2) is 48.2 Å². The zero-order valence-corrected chi connectivity index (χ0v) is 12.4. The number of fused-ring (bicyclic) bond motifs is 1. The summed E-state index contributed by atoms with van der Waals surface area (Å²) in [6, 6.07) is 10.1. The van der Waals surface area contributed by atoms with Crippen LogP contribution < -0.4 is 4.90 Å². The van der Waals surface area contributed by atoms with E-state index in [4.69, 9.17) is 4.74 Å². The summed E-state index contributed by atoms with van der Waals surface area (Å²) < 4.78 is 5.55. The molecule has 0 aliphatic carbocycles. The Morgan fingerprint density at radius 1 is 1.33 bits per heavy atom. The van der Waals surface area contributed by atoms with Crippen molar-refractivity contribution in [2.75, 3.05) is 37.8 Å². The Balaban J connectivity index is 1.58. The number of hydrogen-bond acceptors (Lipinski definition) is 6. The van der Waals surface area contributed by atoms with E-state index in [0.717, 1.165) is 35.4 Å². The third-order valence-electron chi connectivity index (χ3n) is 4.54. The van der Waals surface area contributed by atoms with Gasteiger partial charge in [0.2, 0.25) is 5.13 Å². The second-order valence-electron chi connectivity index (χ2n) is 5.87. The fourth-order valence-corrected chi connectivity index (χ4v) is 4.10. The smallest absolute Gasteiger partial charge is 0.208 e. The number of aliphatic hydroxyl groups excluding tert-OH is 1. The quantitative estimate of drug-likeness (QED) is 0.934. The van der Waals surface area contributed by atoms with Crippen LogP contribution in [0.2, 0.25) is 0 Å². The van der Waals surface area contributed by atoms with Crippen molar-refractivity contribution < 1.29 is 9.84 Å². The van der Waals surface area contributed by atoms with Gasteiger partial charge in [0.25, 0.3) is 0 Å². The van der Waals surface area contributed by atoms with Crippen molar-refractivity contribution in [3.63, 3.8) is 0 Å². The van der Waals surface area contributed by atoms with Crippen LogP contribution >= 0.6 is 11.3 Å². The Hall–Kier alpha value is -1.50. The second-order valence-corrected chi connectivity index (χ2v) is 6.82. The lowest BCUT2D eigenvalue weighted by Gasteiger charge is -2.23.